The maximum atomic E-state index is 12.1. The van der Waals surface area contributed by atoms with Gasteiger partial charge in [0, 0.05) is 29.8 Å². The summed E-state index contributed by atoms with van der Waals surface area (Å²) < 4.78 is 5.19. The molecule has 0 aromatic heterocycles. The van der Waals surface area contributed by atoms with Crippen LogP contribution in [-0.2, 0) is 9.59 Å². The number of nitrogens with zero attached hydrogens (tertiary/aromatic N) is 1. The summed E-state index contributed by atoms with van der Waals surface area (Å²) in [6, 6.07) is 11.4. The van der Waals surface area contributed by atoms with Gasteiger partial charge in [0.1, 0.15) is 5.75 Å². The summed E-state index contributed by atoms with van der Waals surface area (Å²) >= 11 is 0. The fourth-order valence-corrected chi connectivity index (χ4v) is 2.34. The Morgan fingerprint density at radius 3 is 2.17 bits per heavy atom. The van der Waals surface area contributed by atoms with Crippen LogP contribution in [0.25, 0.3) is 0 Å². The number of nitro benzene ring substituents is 1. The van der Waals surface area contributed by atoms with Crippen molar-refractivity contribution in [1.29, 1.82) is 0 Å². The van der Waals surface area contributed by atoms with Crippen molar-refractivity contribution in [2.45, 2.75) is 20.3 Å². The fourth-order valence-electron chi connectivity index (χ4n) is 2.34. The highest BCUT2D eigenvalue weighted by Gasteiger charge is 2.10. The van der Waals surface area contributed by atoms with Gasteiger partial charge in [-0.05, 0) is 42.3 Å². The molecule has 0 aliphatic rings. The second-order valence-electron chi connectivity index (χ2n) is 6.77. The van der Waals surface area contributed by atoms with E-state index in [0.717, 1.165) is 0 Å². The summed E-state index contributed by atoms with van der Waals surface area (Å²) in [4.78, 5) is 45.7. The molecule has 10 heteroatoms. The van der Waals surface area contributed by atoms with Crippen molar-refractivity contribution >= 4 is 29.1 Å². The molecule has 0 radical (unpaired) electrons. The van der Waals surface area contributed by atoms with Crippen molar-refractivity contribution in [3.8, 4) is 5.75 Å². The van der Waals surface area contributed by atoms with Gasteiger partial charge >= 0.3 is 0 Å². The van der Waals surface area contributed by atoms with Crippen LogP contribution in [0.4, 0.5) is 11.4 Å². The van der Waals surface area contributed by atoms with E-state index in [2.05, 4.69) is 16.2 Å². The molecular formula is C20H22N4O6. The molecule has 2 aromatic rings. The van der Waals surface area contributed by atoms with E-state index >= 15 is 0 Å². The Hall–Kier alpha value is -3.95. The first-order chi connectivity index (χ1) is 14.2. The second kappa shape index (κ2) is 10.6. The Balaban J connectivity index is 1.77. The number of hydrogen-bond donors (Lipinski definition) is 3. The van der Waals surface area contributed by atoms with Crippen LogP contribution < -0.4 is 20.9 Å². The predicted molar refractivity (Wildman–Crippen MR) is 109 cm³/mol. The highest BCUT2D eigenvalue weighted by atomic mass is 16.6. The van der Waals surface area contributed by atoms with Crippen molar-refractivity contribution < 1.29 is 24.0 Å². The summed E-state index contributed by atoms with van der Waals surface area (Å²) in [5.74, 6) is -0.749. The lowest BCUT2D eigenvalue weighted by Gasteiger charge is -2.10. The van der Waals surface area contributed by atoms with E-state index in [1.807, 2.05) is 13.8 Å². The Bertz CT molecular complexity index is 910. The summed E-state index contributed by atoms with van der Waals surface area (Å²) in [6.07, 6.45) is 0.399. The standard InChI is InChI=1S/C20H22N4O6/c1-13(2)11-18(25)21-15-5-3-14(4-6-15)20(27)23-22-19(26)12-30-17-9-7-16(8-10-17)24(28)29/h3-10,13H,11-12H2,1-2H3,(H,21,25)(H,22,26)(H,23,27). The van der Waals surface area contributed by atoms with Crippen molar-refractivity contribution in [1.82, 2.24) is 10.9 Å². The van der Waals surface area contributed by atoms with Gasteiger partial charge in [-0.25, -0.2) is 0 Å². The van der Waals surface area contributed by atoms with E-state index in [1.165, 1.54) is 36.4 Å². The Kier molecular flexibility index (Phi) is 7.86. The maximum absolute atomic E-state index is 12.1. The molecule has 2 aromatic carbocycles. The first-order valence-corrected chi connectivity index (χ1v) is 9.11. The zero-order valence-corrected chi connectivity index (χ0v) is 16.5. The number of carbonyl (C=O) groups excluding carboxylic acids is 3. The van der Waals surface area contributed by atoms with Gasteiger partial charge in [-0.15, -0.1) is 0 Å². The number of benzene rings is 2. The molecule has 0 atom stereocenters. The van der Waals surface area contributed by atoms with Gasteiger partial charge in [0.15, 0.2) is 6.61 Å². The number of amides is 3. The average molecular weight is 414 g/mol. The van der Waals surface area contributed by atoms with Crippen LogP contribution >= 0.6 is 0 Å². The second-order valence-corrected chi connectivity index (χ2v) is 6.77. The third kappa shape index (κ3) is 7.23. The SMILES string of the molecule is CC(C)CC(=O)Nc1ccc(C(=O)NNC(=O)COc2ccc([N+](=O)[O-])cc2)cc1. The van der Waals surface area contributed by atoms with Gasteiger partial charge in [-0.2, -0.15) is 0 Å². The normalized spacial score (nSPS) is 10.2. The van der Waals surface area contributed by atoms with Crippen LogP contribution in [0.1, 0.15) is 30.6 Å². The number of carbonyl (C=O) groups is 3. The number of hydrazine groups is 1. The average Bonchev–Trinajstić information content (AvgIpc) is 2.70. The molecule has 0 bridgehead atoms. The number of hydrogen-bond acceptors (Lipinski definition) is 6. The van der Waals surface area contributed by atoms with E-state index in [1.54, 1.807) is 12.1 Å². The van der Waals surface area contributed by atoms with Crippen molar-refractivity contribution in [2.75, 3.05) is 11.9 Å². The lowest BCUT2D eigenvalue weighted by atomic mass is 10.1. The van der Waals surface area contributed by atoms with Gasteiger partial charge in [-0.3, -0.25) is 35.3 Å². The van der Waals surface area contributed by atoms with E-state index < -0.39 is 16.7 Å². The molecule has 0 fully saturated rings. The van der Waals surface area contributed by atoms with Crippen LogP contribution in [0.5, 0.6) is 5.75 Å². The molecule has 10 nitrogen and oxygen atoms in total. The quantitative estimate of drug-likeness (QED) is 0.448. The maximum Gasteiger partial charge on any atom is 0.276 e. The number of nitrogens with one attached hydrogen (secondary N) is 3. The number of rotatable bonds is 8. The minimum atomic E-state index is -0.612. The first kappa shape index (κ1) is 22.3. The number of ether oxygens (including phenoxy) is 1. The van der Waals surface area contributed by atoms with E-state index in [9.17, 15) is 24.5 Å². The molecule has 3 N–H and O–H groups in total. The number of non-ortho nitro benzene ring substituents is 1. The highest BCUT2D eigenvalue weighted by Crippen LogP contribution is 2.17. The molecule has 0 aliphatic carbocycles. The van der Waals surface area contributed by atoms with Gasteiger partial charge in [0.25, 0.3) is 17.5 Å². The van der Waals surface area contributed by atoms with Crippen LogP contribution in [0, 0.1) is 16.0 Å². The number of anilines is 1. The topological polar surface area (TPSA) is 140 Å². The van der Waals surface area contributed by atoms with E-state index in [0.29, 0.717) is 12.1 Å². The van der Waals surface area contributed by atoms with Gasteiger partial charge < -0.3 is 10.1 Å². The fraction of sp³-hybridized carbons (Fsp3) is 0.250. The zero-order chi connectivity index (χ0) is 22.1. The van der Waals surface area contributed by atoms with Crippen molar-refractivity contribution in [3.05, 3.63) is 64.2 Å². The molecule has 0 spiro atoms. The molecule has 0 unspecified atom stereocenters. The summed E-state index contributed by atoms with van der Waals surface area (Å²) in [5, 5.41) is 13.3. The lowest BCUT2D eigenvalue weighted by Crippen LogP contribution is -2.43. The summed E-state index contributed by atoms with van der Waals surface area (Å²) in [5.41, 5.74) is 5.22. The predicted octanol–water partition coefficient (Wildman–Crippen LogP) is 2.42. The Morgan fingerprint density at radius 1 is 0.967 bits per heavy atom. The molecular weight excluding hydrogens is 392 g/mol. The highest BCUT2D eigenvalue weighted by molar-refractivity contribution is 5.96. The minimum Gasteiger partial charge on any atom is -0.484 e. The van der Waals surface area contributed by atoms with Crippen molar-refractivity contribution in [3.63, 3.8) is 0 Å². The summed E-state index contributed by atoms with van der Waals surface area (Å²) in [7, 11) is 0. The largest absolute Gasteiger partial charge is 0.484 e. The molecule has 0 saturated carbocycles. The molecule has 0 heterocycles. The van der Waals surface area contributed by atoms with Gasteiger partial charge in [-0.1, -0.05) is 13.8 Å². The molecule has 158 valence electrons. The molecule has 0 saturated heterocycles. The van der Waals surface area contributed by atoms with Crippen LogP contribution in [0.2, 0.25) is 0 Å². The molecule has 30 heavy (non-hydrogen) atoms. The van der Waals surface area contributed by atoms with Crippen LogP contribution in [0.15, 0.2) is 48.5 Å². The third-order valence-electron chi connectivity index (χ3n) is 3.76. The Labute approximate surface area is 172 Å². The molecule has 3 amide bonds. The zero-order valence-electron chi connectivity index (χ0n) is 16.5. The van der Waals surface area contributed by atoms with Crippen LogP contribution in [-0.4, -0.2) is 29.3 Å². The summed E-state index contributed by atoms with van der Waals surface area (Å²) in [6.45, 7) is 3.50. The first-order valence-electron chi connectivity index (χ1n) is 9.11. The third-order valence-corrected chi connectivity index (χ3v) is 3.76. The van der Waals surface area contributed by atoms with Gasteiger partial charge in [0.2, 0.25) is 5.91 Å². The van der Waals surface area contributed by atoms with Gasteiger partial charge in [0.05, 0.1) is 4.92 Å². The minimum absolute atomic E-state index is 0.0930. The monoisotopic (exact) mass is 414 g/mol. The van der Waals surface area contributed by atoms with Crippen molar-refractivity contribution in [2.24, 2.45) is 5.92 Å². The lowest BCUT2D eigenvalue weighted by molar-refractivity contribution is -0.384. The molecule has 0 aliphatic heterocycles. The van der Waals surface area contributed by atoms with E-state index in [4.69, 9.17) is 4.74 Å². The number of nitro groups is 1. The van der Waals surface area contributed by atoms with E-state index in [-0.39, 0.29) is 35.4 Å². The van der Waals surface area contributed by atoms with Crippen LogP contribution in [0.3, 0.4) is 0 Å². The smallest absolute Gasteiger partial charge is 0.276 e. The molecule has 2 rings (SSSR count). The Morgan fingerprint density at radius 2 is 1.60 bits per heavy atom.